The van der Waals surface area contributed by atoms with E-state index in [0.29, 0.717) is 5.75 Å². The fourth-order valence-electron chi connectivity index (χ4n) is 3.19. The number of benzene rings is 3. The van der Waals surface area contributed by atoms with E-state index in [9.17, 15) is 5.11 Å². The number of aliphatic hydroxyl groups excluding tert-OH is 1. The molecule has 5 heteroatoms. The van der Waals surface area contributed by atoms with E-state index in [1.807, 2.05) is 54.6 Å². The molecule has 3 aromatic carbocycles. The van der Waals surface area contributed by atoms with Gasteiger partial charge in [0.1, 0.15) is 0 Å². The van der Waals surface area contributed by atoms with Gasteiger partial charge in [0, 0.05) is 28.4 Å². The number of alkyl halides is 1. The third-order valence-corrected chi connectivity index (χ3v) is 5.98. The van der Waals surface area contributed by atoms with Crippen LogP contribution in [0.4, 0.5) is 0 Å². The SMILES string of the molecule is O[C@H](CCl)CSc1nc(-c2ccccc2)c(-c2ccccc2)n1-c1ccccc1. The van der Waals surface area contributed by atoms with E-state index in [-0.39, 0.29) is 5.88 Å². The molecule has 4 aromatic rings. The normalized spacial score (nSPS) is 12.1. The van der Waals surface area contributed by atoms with Crippen molar-refractivity contribution in [1.82, 2.24) is 9.55 Å². The van der Waals surface area contributed by atoms with Crippen molar-refractivity contribution in [3.63, 3.8) is 0 Å². The van der Waals surface area contributed by atoms with E-state index in [2.05, 4.69) is 41.0 Å². The Morgan fingerprint density at radius 1 is 0.828 bits per heavy atom. The lowest BCUT2D eigenvalue weighted by molar-refractivity contribution is 0.223. The Kier molecular flexibility index (Phi) is 6.35. The number of rotatable bonds is 7. The van der Waals surface area contributed by atoms with Gasteiger partial charge in [-0.25, -0.2) is 4.98 Å². The molecule has 0 aliphatic heterocycles. The Labute approximate surface area is 180 Å². The first-order valence-corrected chi connectivity index (χ1v) is 11.0. The van der Waals surface area contributed by atoms with E-state index in [1.54, 1.807) is 0 Å². The molecule has 0 fully saturated rings. The minimum absolute atomic E-state index is 0.204. The second kappa shape index (κ2) is 9.31. The molecule has 0 unspecified atom stereocenters. The smallest absolute Gasteiger partial charge is 0.173 e. The first-order valence-electron chi connectivity index (χ1n) is 9.43. The molecule has 1 atom stereocenters. The van der Waals surface area contributed by atoms with Crippen molar-refractivity contribution in [3.8, 4) is 28.2 Å². The third-order valence-electron chi connectivity index (χ3n) is 4.54. The molecule has 146 valence electrons. The summed E-state index contributed by atoms with van der Waals surface area (Å²) in [5.41, 5.74) is 5.13. The van der Waals surface area contributed by atoms with Gasteiger partial charge in [-0.2, -0.15) is 0 Å². The molecule has 0 amide bonds. The molecule has 0 bridgehead atoms. The number of para-hydroxylation sites is 1. The van der Waals surface area contributed by atoms with Gasteiger partial charge < -0.3 is 5.11 Å². The summed E-state index contributed by atoms with van der Waals surface area (Å²) >= 11 is 7.33. The van der Waals surface area contributed by atoms with Crippen LogP contribution in [-0.4, -0.2) is 32.4 Å². The van der Waals surface area contributed by atoms with Crippen LogP contribution in [-0.2, 0) is 0 Å². The largest absolute Gasteiger partial charge is 0.391 e. The lowest BCUT2D eigenvalue weighted by Crippen LogP contribution is -2.12. The molecule has 4 rings (SSSR count). The maximum absolute atomic E-state index is 10.0. The van der Waals surface area contributed by atoms with Crippen molar-refractivity contribution in [3.05, 3.63) is 91.0 Å². The van der Waals surface area contributed by atoms with Gasteiger partial charge in [0.05, 0.1) is 17.5 Å². The number of nitrogens with zero attached hydrogens (tertiary/aromatic N) is 2. The van der Waals surface area contributed by atoms with Crippen molar-refractivity contribution in [2.45, 2.75) is 11.3 Å². The second-order valence-electron chi connectivity index (χ2n) is 6.61. The van der Waals surface area contributed by atoms with Gasteiger partial charge >= 0.3 is 0 Å². The summed E-state index contributed by atoms with van der Waals surface area (Å²) < 4.78 is 2.17. The molecule has 1 N–H and O–H groups in total. The van der Waals surface area contributed by atoms with Crippen molar-refractivity contribution in [2.24, 2.45) is 0 Å². The number of aromatic nitrogens is 2. The van der Waals surface area contributed by atoms with E-state index in [4.69, 9.17) is 16.6 Å². The minimum Gasteiger partial charge on any atom is -0.391 e. The molecule has 0 saturated heterocycles. The average molecular weight is 421 g/mol. The van der Waals surface area contributed by atoms with Crippen LogP contribution >= 0.6 is 23.4 Å². The summed E-state index contributed by atoms with van der Waals surface area (Å²) in [6, 6.07) is 30.7. The Bertz CT molecular complexity index is 1050. The van der Waals surface area contributed by atoms with Crippen LogP contribution in [0.5, 0.6) is 0 Å². The number of hydrogen-bond donors (Lipinski definition) is 1. The number of aliphatic hydroxyl groups is 1. The van der Waals surface area contributed by atoms with Crippen LogP contribution in [0.1, 0.15) is 0 Å². The topological polar surface area (TPSA) is 38.1 Å². The zero-order chi connectivity index (χ0) is 20.1. The zero-order valence-electron chi connectivity index (χ0n) is 15.8. The van der Waals surface area contributed by atoms with Crippen LogP contribution in [0.2, 0.25) is 0 Å². The fourth-order valence-corrected chi connectivity index (χ4v) is 4.37. The lowest BCUT2D eigenvalue weighted by Gasteiger charge is -2.13. The quantitative estimate of drug-likeness (QED) is 0.299. The summed E-state index contributed by atoms with van der Waals surface area (Å²) in [7, 11) is 0. The summed E-state index contributed by atoms with van der Waals surface area (Å²) in [6.45, 7) is 0. The molecule has 29 heavy (non-hydrogen) atoms. The Morgan fingerprint density at radius 3 is 1.97 bits per heavy atom. The van der Waals surface area contributed by atoms with Gasteiger partial charge in [-0.1, -0.05) is 90.6 Å². The Hall–Kier alpha value is -2.53. The van der Waals surface area contributed by atoms with Gasteiger partial charge in [0.15, 0.2) is 5.16 Å². The molecule has 0 aliphatic carbocycles. The predicted octanol–water partition coefficient (Wildman–Crippen LogP) is 5.90. The molecule has 3 nitrogen and oxygen atoms in total. The van der Waals surface area contributed by atoms with Crippen molar-refractivity contribution >= 4 is 23.4 Å². The summed E-state index contributed by atoms with van der Waals surface area (Å²) in [4.78, 5) is 5.01. The van der Waals surface area contributed by atoms with Gasteiger partial charge in [-0.3, -0.25) is 4.57 Å². The number of hydrogen-bond acceptors (Lipinski definition) is 3. The molecular formula is C24H21ClN2OS. The highest BCUT2D eigenvalue weighted by Gasteiger charge is 2.22. The minimum atomic E-state index is -0.581. The van der Waals surface area contributed by atoms with Gasteiger partial charge in [0.25, 0.3) is 0 Å². The Morgan fingerprint density at radius 2 is 1.38 bits per heavy atom. The van der Waals surface area contributed by atoms with Crippen LogP contribution in [0.15, 0.2) is 96.2 Å². The first-order chi connectivity index (χ1) is 14.3. The van der Waals surface area contributed by atoms with Crippen LogP contribution in [0.3, 0.4) is 0 Å². The number of imidazole rings is 1. The molecule has 0 saturated carbocycles. The summed E-state index contributed by atoms with van der Waals surface area (Å²) in [5.74, 6) is 0.686. The predicted molar refractivity (Wildman–Crippen MR) is 122 cm³/mol. The van der Waals surface area contributed by atoms with Crippen LogP contribution in [0.25, 0.3) is 28.2 Å². The van der Waals surface area contributed by atoms with E-state index >= 15 is 0 Å². The monoisotopic (exact) mass is 420 g/mol. The van der Waals surface area contributed by atoms with Gasteiger partial charge in [0.2, 0.25) is 0 Å². The first kappa shape index (κ1) is 19.8. The van der Waals surface area contributed by atoms with Gasteiger partial charge in [-0.15, -0.1) is 11.6 Å². The summed E-state index contributed by atoms with van der Waals surface area (Å²) in [5, 5.41) is 10.8. The molecular weight excluding hydrogens is 400 g/mol. The summed E-state index contributed by atoms with van der Waals surface area (Å²) in [6.07, 6.45) is -0.581. The van der Waals surface area contributed by atoms with Crippen LogP contribution in [0, 0.1) is 0 Å². The molecule has 1 aromatic heterocycles. The van der Waals surface area contributed by atoms with Crippen molar-refractivity contribution in [2.75, 3.05) is 11.6 Å². The lowest BCUT2D eigenvalue weighted by atomic mass is 10.0. The highest BCUT2D eigenvalue weighted by Crippen LogP contribution is 2.38. The highest BCUT2D eigenvalue weighted by atomic mass is 35.5. The van der Waals surface area contributed by atoms with E-state index in [1.165, 1.54) is 11.8 Å². The van der Waals surface area contributed by atoms with Crippen molar-refractivity contribution in [1.29, 1.82) is 0 Å². The molecule has 0 radical (unpaired) electrons. The fraction of sp³-hybridized carbons (Fsp3) is 0.125. The average Bonchev–Trinajstić information content (AvgIpc) is 3.18. The van der Waals surface area contributed by atoms with E-state index in [0.717, 1.165) is 33.4 Å². The Balaban J connectivity index is 1.95. The van der Waals surface area contributed by atoms with E-state index < -0.39 is 6.10 Å². The second-order valence-corrected chi connectivity index (χ2v) is 7.91. The highest BCUT2D eigenvalue weighted by molar-refractivity contribution is 7.99. The molecule has 0 spiro atoms. The molecule has 0 aliphatic rings. The zero-order valence-corrected chi connectivity index (χ0v) is 17.4. The standard InChI is InChI=1S/C24H21ClN2OS/c25-16-21(28)17-29-24-26-22(18-10-4-1-5-11-18)23(19-12-6-2-7-13-19)27(24)20-14-8-3-9-15-20/h1-15,21,28H,16-17H2/t21-/m1/s1. The maximum Gasteiger partial charge on any atom is 0.173 e. The van der Waals surface area contributed by atoms with Crippen molar-refractivity contribution < 1.29 is 5.11 Å². The maximum atomic E-state index is 10.0. The van der Waals surface area contributed by atoms with Crippen LogP contribution < -0.4 is 0 Å². The number of thioether (sulfide) groups is 1. The number of halogens is 1. The third kappa shape index (κ3) is 4.40. The van der Waals surface area contributed by atoms with Gasteiger partial charge in [-0.05, 0) is 12.1 Å². The molecule has 1 heterocycles.